The van der Waals surface area contributed by atoms with Crippen LogP contribution >= 0.6 is 0 Å². The highest BCUT2D eigenvalue weighted by atomic mass is 32.2. The van der Waals surface area contributed by atoms with Gasteiger partial charge in [-0.15, -0.1) is 0 Å². The first-order valence-corrected chi connectivity index (χ1v) is 13.4. The molecule has 0 bridgehead atoms. The molecule has 2 fully saturated rings. The van der Waals surface area contributed by atoms with Gasteiger partial charge in [0.2, 0.25) is 21.8 Å². The molecule has 2 aliphatic rings. The molecule has 2 rings (SSSR count). The van der Waals surface area contributed by atoms with E-state index < -0.39 is 25.3 Å². The highest BCUT2D eigenvalue weighted by Gasteiger charge is 2.37. The molecule has 11 heteroatoms. The second-order valence-corrected chi connectivity index (χ2v) is 13.2. The van der Waals surface area contributed by atoms with Crippen LogP contribution in [0, 0.1) is 11.3 Å². The van der Waals surface area contributed by atoms with Gasteiger partial charge in [0.15, 0.2) is 9.84 Å². The van der Waals surface area contributed by atoms with Gasteiger partial charge in [0.05, 0.1) is 17.3 Å². The molecule has 0 saturated carbocycles. The van der Waals surface area contributed by atoms with Gasteiger partial charge in [-0.05, 0) is 6.42 Å². The summed E-state index contributed by atoms with van der Waals surface area (Å²) in [6.45, 7) is 8.64. The Hall–Kier alpha value is -1.20. The van der Waals surface area contributed by atoms with Crippen molar-refractivity contribution in [2.75, 3.05) is 56.5 Å². The van der Waals surface area contributed by atoms with Crippen molar-refractivity contribution in [1.29, 1.82) is 0 Å². The summed E-state index contributed by atoms with van der Waals surface area (Å²) in [4.78, 5) is 28.0. The van der Waals surface area contributed by atoms with Crippen LogP contribution in [-0.2, 0) is 29.4 Å². The van der Waals surface area contributed by atoms with Gasteiger partial charge in [-0.2, -0.15) is 4.31 Å². The molecule has 0 atom stereocenters. The fraction of sp³-hybridized carbons (Fsp3) is 0.889. The molecule has 168 valence electrons. The summed E-state index contributed by atoms with van der Waals surface area (Å²) in [7, 11) is -6.63. The predicted octanol–water partition coefficient (Wildman–Crippen LogP) is -0.210. The number of amides is 2. The minimum atomic E-state index is -3.54. The Kier molecular flexibility index (Phi) is 7.38. The van der Waals surface area contributed by atoms with Gasteiger partial charge in [-0.3, -0.25) is 9.59 Å². The molecule has 2 amide bonds. The zero-order valence-electron chi connectivity index (χ0n) is 17.8. The largest absolute Gasteiger partial charge is 0.340 e. The first kappa shape index (κ1) is 24.1. The summed E-state index contributed by atoms with van der Waals surface area (Å²) < 4.78 is 50.0. The van der Waals surface area contributed by atoms with Gasteiger partial charge < -0.3 is 9.80 Å². The minimum Gasteiger partial charge on any atom is -0.340 e. The molecular formula is C18H33N3O6S2. The van der Waals surface area contributed by atoms with E-state index in [-0.39, 0.29) is 67.6 Å². The number of hydrogen-bond acceptors (Lipinski definition) is 6. The van der Waals surface area contributed by atoms with Crippen LogP contribution in [-0.4, -0.2) is 99.3 Å². The van der Waals surface area contributed by atoms with E-state index in [2.05, 4.69) is 0 Å². The molecule has 0 aliphatic carbocycles. The molecule has 2 aliphatic heterocycles. The van der Waals surface area contributed by atoms with Crippen LogP contribution in [0.25, 0.3) is 0 Å². The summed E-state index contributed by atoms with van der Waals surface area (Å²) in [6, 6.07) is 0. The number of rotatable bonds is 6. The zero-order chi connectivity index (χ0) is 22.0. The fourth-order valence-corrected chi connectivity index (χ4v) is 6.46. The Labute approximate surface area is 174 Å². The predicted molar refractivity (Wildman–Crippen MR) is 110 cm³/mol. The SMILES string of the molecule is CC(C)C(=O)N1CCN(S(=O)(=O)CCC(C)(C)C(=O)N2CCS(=O)(=O)CC2)CC1. The Morgan fingerprint density at radius 1 is 0.931 bits per heavy atom. The van der Waals surface area contributed by atoms with Crippen molar-refractivity contribution in [1.82, 2.24) is 14.1 Å². The highest BCUT2D eigenvalue weighted by molar-refractivity contribution is 7.91. The number of nitrogens with zero attached hydrogens (tertiary/aromatic N) is 3. The van der Waals surface area contributed by atoms with Crippen molar-refractivity contribution in [3.8, 4) is 0 Å². The van der Waals surface area contributed by atoms with E-state index in [4.69, 9.17) is 0 Å². The average Bonchev–Trinajstić information content (AvgIpc) is 2.65. The van der Waals surface area contributed by atoms with E-state index >= 15 is 0 Å². The summed E-state index contributed by atoms with van der Waals surface area (Å²) in [6.07, 6.45) is 0.155. The first-order valence-electron chi connectivity index (χ1n) is 10.0. The Morgan fingerprint density at radius 3 is 1.93 bits per heavy atom. The van der Waals surface area contributed by atoms with E-state index in [0.717, 1.165) is 0 Å². The molecule has 0 aromatic rings. The molecule has 0 N–H and O–H groups in total. The summed E-state index contributed by atoms with van der Waals surface area (Å²) in [5.41, 5.74) is -0.899. The molecule has 0 aromatic heterocycles. The topological polar surface area (TPSA) is 112 Å². The van der Waals surface area contributed by atoms with Gasteiger partial charge >= 0.3 is 0 Å². The van der Waals surface area contributed by atoms with Crippen LogP contribution in [0.15, 0.2) is 0 Å². The smallest absolute Gasteiger partial charge is 0.228 e. The van der Waals surface area contributed by atoms with Crippen molar-refractivity contribution in [3.63, 3.8) is 0 Å². The Morgan fingerprint density at radius 2 is 1.45 bits per heavy atom. The Bertz CT molecular complexity index is 814. The standard InChI is InChI=1S/C18H33N3O6S2/c1-15(2)16(22)19-6-8-21(9-7-19)29(26,27)12-5-18(3,4)17(23)20-10-13-28(24,25)14-11-20/h15H,5-14H2,1-4H3. The van der Waals surface area contributed by atoms with E-state index in [1.807, 2.05) is 13.8 Å². The van der Waals surface area contributed by atoms with Crippen LogP contribution in [0.5, 0.6) is 0 Å². The maximum atomic E-state index is 12.8. The molecule has 0 radical (unpaired) electrons. The van der Waals surface area contributed by atoms with Gasteiger partial charge in [0, 0.05) is 50.6 Å². The lowest BCUT2D eigenvalue weighted by Crippen LogP contribution is -2.52. The maximum Gasteiger partial charge on any atom is 0.228 e. The lowest BCUT2D eigenvalue weighted by molar-refractivity contribution is -0.140. The maximum absolute atomic E-state index is 12.8. The van der Waals surface area contributed by atoms with Gasteiger partial charge in [0.25, 0.3) is 0 Å². The third-order valence-corrected chi connectivity index (χ3v) is 9.11. The van der Waals surface area contributed by atoms with Crippen molar-refractivity contribution >= 4 is 31.7 Å². The van der Waals surface area contributed by atoms with Crippen molar-refractivity contribution < 1.29 is 26.4 Å². The van der Waals surface area contributed by atoms with E-state index in [0.29, 0.717) is 13.1 Å². The molecular weight excluding hydrogens is 418 g/mol. The van der Waals surface area contributed by atoms with Crippen molar-refractivity contribution in [2.24, 2.45) is 11.3 Å². The van der Waals surface area contributed by atoms with Gasteiger partial charge in [-0.1, -0.05) is 27.7 Å². The average molecular weight is 452 g/mol. The van der Waals surface area contributed by atoms with Gasteiger partial charge in [0.1, 0.15) is 0 Å². The molecule has 29 heavy (non-hydrogen) atoms. The van der Waals surface area contributed by atoms with Crippen LogP contribution in [0.2, 0.25) is 0 Å². The number of piperazine rings is 1. The minimum absolute atomic E-state index is 0.0253. The number of sulfonamides is 1. The molecule has 2 heterocycles. The monoisotopic (exact) mass is 451 g/mol. The summed E-state index contributed by atoms with van der Waals surface area (Å²) in [5.74, 6) is -0.559. The van der Waals surface area contributed by atoms with Crippen LogP contribution in [0.3, 0.4) is 0 Å². The van der Waals surface area contributed by atoms with Crippen LogP contribution in [0.4, 0.5) is 0 Å². The number of carbonyl (C=O) groups is 2. The summed E-state index contributed by atoms with van der Waals surface area (Å²) in [5, 5.41) is 0. The number of hydrogen-bond donors (Lipinski definition) is 0. The normalized spacial score (nSPS) is 21.4. The summed E-state index contributed by atoms with van der Waals surface area (Å²) >= 11 is 0. The Balaban J connectivity index is 1.90. The zero-order valence-corrected chi connectivity index (χ0v) is 19.4. The molecule has 0 unspecified atom stereocenters. The lowest BCUT2D eigenvalue weighted by Gasteiger charge is -2.36. The third-order valence-electron chi connectivity index (χ3n) is 5.63. The second-order valence-electron chi connectivity index (χ2n) is 8.77. The quantitative estimate of drug-likeness (QED) is 0.552. The second kappa shape index (κ2) is 8.89. The molecule has 0 aromatic carbocycles. The first-order chi connectivity index (χ1) is 13.3. The number of carbonyl (C=O) groups excluding carboxylic acids is 2. The van der Waals surface area contributed by atoms with E-state index in [1.165, 1.54) is 9.21 Å². The fourth-order valence-electron chi connectivity index (χ4n) is 3.52. The van der Waals surface area contributed by atoms with Gasteiger partial charge in [-0.25, -0.2) is 16.8 Å². The lowest BCUT2D eigenvalue weighted by atomic mass is 9.88. The van der Waals surface area contributed by atoms with Crippen molar-refractivity contribution in [2.45, 2.75) is 34.1 Å². The van der Waals surface area contributed by atoms with Crippen LogP contribution < -0.4 is 0 Å². The van der Waals surface area contributed by atoms with E-state index in [1.54, 1.807) is 18.7 Å². The number of sulfone groups is 1. The molecule has 9 nitrogen and oxygen atoms in total. The van der Waals surface area contributed by atoms with Crippen LogP contribution in [0.1, 0.15) is 34.1 Å². The third kappa shape index (κ3) is 6.14. The molecule has 0 spiro atoms. The van der Waals surface area contributed by atoms with E-state index in [9.17, 15) is 26.4 Å². The highest BCUT2D eigenvalue weighted by Crippen LogP contribution is 2.26. The molecule has 2 saturated heterocycles. The van der Waals surface area contributed by atoms with Crippen molar-refractivity contribution in [3.05, 3.63) is 0 Å².